The molecular weight excluding hydrogens is 178 g/mol. The van der Waals surface area contributed by atoms with E-state index >= 15 is 0 Å². The maximum absolute atomic E-state index is 11.0. The second-order valence-corrected chi connectivity index (χ2v) is 2.71. The number of nitrogens with two attached hydrogens (primary N) is 1. The third kappa shape index (κ3) is 2.94. The van der Waals surface area contributed by atoms with Crippen LogP contribution in [-0.2, 0) is 9.53 Å². The van der Waals surface area contributed by atoms with Crippen LogP contribution in [0.4, 0.5) is 5.69 Å². The van der Waals surface area contributed by atoms with Gasteiger partial charge in [-0.2, -0.15) is 0 Å². The molecule has 0 bridgehead atoms. The molecule has 3 nitrogen and oxygen atoms in total. The number of para-hydroxylation sites is 1. The van der Waals surface area contributed by atoms with Crippen molar-refractivity contribution in [3.05, 3.63) is 35.9 Å². The number of anilines is 1. The van der Waals surface area contributed by atoms with Gasteiger partial charge in [0.1, 0.15) is 0 Å². The molecular formula is C11H13NO2. The molecule has 0 fully saturated rings. The number of hydrogen-bond donors (Lipinski definition) is 1. The zero-order valence-electron chi connectivity index (χ0n) is 8.07. The molecule has 0 aliphatic carbocycles. The molecule has 1 aromatic carbocycles. The fourth-order valence-corrected chi connectivity index (χ4v) is 1.01. The highest BCUT2D eigenvalue weighted by Crippen LogP contribution is 2.11. The van der Waals surface area contributed by atoms with Gasteiger partial charge < -0.3 is 10.5 Å². The molecule has 0 radical (unpaired) electrons. The Morgan fingerprint density at radius 1 is 1.50 bits per heavy atom. The van der Waals surface area contributed by atoms with Gasteiger partial charge in [-0.05, 0) is 24.6 Å². The number of rotatable bonds is 3. The first kappa shape index (κ1) is 10.3. The molecule has 3 heteroatoms. The van der Waals surface area contributed by atoms with Crippen molar-refractivity contribution in [1.29, 1.82) is 0 Å². The lowest BCUT2D eigenvalue weighted by Gasteiger charge is -1.98. The monoisotopic (exact) mass is 191 g/mol. The Balaban J connectivity index is 2.69. The third-order valence-corrected chi connectivity index (χ3v) is 1.68. The van der Waals surface area contributed by atoms with Gasteiger partial charge in [0, 0.05) is 11.8 Å². The van der Waals surface area contributed by atoms with E-state index in [9.17, 15) is 4.79 Å². The van der Waals surface area contributed by atoms with Crippen LogP contribution in [0.1, 0.15) is 12.5 Å². The average molecular weight is 191 g/mol. The molecule has 0 saturated heterocycles. The van der Waals surface area contributed by atoms with Crippen LogP contribution in [0.2, 0.25) is 0 Å². The summed E-state index contributed by atoms with van der Waals surface area (Å²) in [6, 6.07) is 7.33. The Morgan fingerprint density at radius 2 is 2.21 bits per heavy atom. The normalized spacial score (nSPS) is 10.4. The molecule has 0 unspecified atom stereocenters. The predicted octanol–water partition coefficient (Wildman–Crippen LogP) is 1.85. The van der Waals surface area contributed by atoms with Crippen LogP contribution in [0.15, 0.2) is 30.3 Å². The molecule has 1 aromatic rings. The summed E-state index contributed by atoms with van der Waals surface area (Å²) >= 11 is 0. The van der Waals surface area contributed by atoms with E-state index in [1.54, 1.807) is 19.1 Å². The smallest absolute Gasteiger partial charge is 0.330 e. The van der Waals surface area contributed by atoms with Crippen LogP contribution in [0.3, 0.4) is 0 Å². The van der Waals surface area contributed by atoms with Crippen molar-refractivity contribution in [2.45, 2.75) is 6.92 Å². The number of benzene rings is 1. The van der Waals surface area contributed by atoms with Crippen molar-refractivity contribution in [3.8, 4) is 0 Å². The van der Waals surface area contributed by atoms with Gasteiger partial charge in [0.2, 0.25) is 0 Å². The maximum Gasteiger partial charge on any atom is 0.330 e. The summed E-state index contributed by atoms with van der Waals surface area (Å²) in [4.78, 5) is 11.0. The minimum Gasteiger partial charge on any atom is -0.463 e. The summed E-state index contributed by atoms with van der Waals surface area (Å²) in [5, 5.41) is 0. The number of hydrogen-bond acceptors (Lipinski definition) is 3. The summed E-state index contributed by atoms with van der Waals surface area (Å²) in [6.07, 6.45) is 3.02. The molecule has 0 aliphatic rings. The summed E-state index contributed by atoms with van der Waals surface area (Å²) in [7, 11) is 0. The number of carbonyl (C=O) groups excluding carboxylic acids is 1. The van der Waals surface area contributed by atoms with Crippen LogP contribution >= 0.6 is 0 Å². The topological polar surface area (TPSA) is 52.3 Å². The Hall–Kier alpha value is -1.77. The van der Waals surface area contributed by atoms with Gasteiger partial charge >= 0.3 is 5.97 Å². The highest BCUT2D eigenvalue weighted by Gasteiger charge is 1.95. The lowest BCUT2D eigenvalue weighted by molar-refractivity contribution is -0.137. The van der Waals surface area contributed by atoms with Gasteiger partial charge in [0.25, 0.3) is 0 Å². The average Bonchev–Trinajstić information content (AvgIpc) is 2.17. The Morgan fingerprint density at radius 3 is 2.86 bits per heavy atom. The first-order chi connectivity index (χ1) is 6.74. The molecule has 1 rings (SSSR count). The van der Waals surface area contributed by atoms with E-state index in [0.29, 0.717) is 12.3 Å². The number of carbonyl (C=O) groups is 1. The van der Waals surface area contributed by atoms with Gasteiger partial charge in [0.05, 0.1) is 6.61 Å². The van der Waals surface area contributed by atoms with E-state index in [0.717, 1.165) is 5.56 Å². The molecule has 74 valence electrons. The first-order valence-corrected chi connectivity index (χ1v) is 4.43. The molecule has 0 heterocycles. The molecule has 2 N–H and O–H groups in total. The zero-order valence-corrected chi connectivity index (χ0v) is 8.07. The van der Waals surface area contributed by atoms with Gasteiger partial charge in [-0.15, -0.1) is 0 Å². The molecule has 0 aliphatic heterocycles. The maximum atomic E-state index is 11.0. The minimum atomic E-state index is -0.351. The number of nitrogen functional groups attached to an aromatic ring is 1. The van der Waals surface area contributed by atoms with E-state index < -0.39 is 0 Å². The van der Waals surface area contributed by atoms with E-state index in [1.807, 2.05) is 18.2 Å². The summed E-state index contributed by atoms with van der Waals surface area (Å²) in [5.41, 5.74) is 7.14. The molecule has 0 aromatic heterocycles. The highest BCUT2D eigenvalue weighted by molar-refractivity contribution is 5.88. The van der Waals surface area contributed by atoms with Crippen molar-refractivity contribution < 1.29 is 9.53 Å². The van der Waals surface area contributed by atoms with Gasteiger partial charge in [-0.25, -0.2) is 4.79 Å². The quantitative estimate of drug-likeness (QED) is 0.450. The predicted molar refractivity (Wildman–Crippen MR) is 56.5 cm³/mol. The Labute approximate surface area is 83.2 Å². The van der Waals surface area contributed by atoms with E-state index in [2.05, 4.69) is 0 Å². The van der Waals surface area contributed by atoms with Gasteiger partial charge in [0.15, 0.2) is 0 Å². The standard InChI is InChI=1S/C11H13NO2/c1-2-14-11(13)8-7-9-5-3-4-6-10(9)12/h3-8H,2,12H2,1H3/b8-7+. The van der Waals surface area contributed by atoms with Gasteiger partial charge in [-0.1, -0.05) is 18.2 Å². The van der Waals surface area contributed by atoms with Crippen molar-refractivity contribution in [3.63, 3.8) is 0 Å². The fourth-order valence-electron chi connectivity index (χ4n) is 1.01. The fraction of sp³-hybridized carbons (Fsp3) is 0.182. The van der Waals surface area contributed by atoms with Crippen molar-refractivity contribution in [2.75, 3.05) is 12.3 Å². The van der Waals surface area contributed by atoms with Gasteiger partial charge in [-0.3, -0.25) is 0 Å². The van der Waals surface area contributed by atoms with Crippen LogP contribution < -0.4 is 5.73 Å². The largest absolute Gasteiger partial charge is 0.463 e. The SMILES string of the molecule is CCOC(=O)/C=C/c1ccccc1N. The Kier molecular flexibility index (Phi) is 3.73. The van der Waals surface area contributed by atoms with Crippen LogP contribution in [0.25, 0.3) is 6.08 Å². The van der Waals surface area contributed by atoms with Crippen LogP contribution in [-0.4, -0.2) is 12.6 Å². The van der Waals surface area contributed by atoms with Crippen LogP contribution in [0.5, 0.6) is 0 Å². The van der Waals surface area contributed by atoms with Crippen molar-refractivity contribution >= 4 is 17.7 Å². The third-order valence-electron chi connectivity index (χ3n) is 1.68. The van der Waals surface area contributed by atoms with E-state index in [1.165, 1.54) is 6.08 Å². The summed E-state index contributed by atoms with van der Waals surface area (Å²) in [5.74, 6) is -0.351. The lowest BCUT2D eigenvalue weighted by Crippen LogP contribution is -1.98. The molecule has 0 spiro atoms. The van der Waals surface area contributed by atoms with Crippen LogP contribution in [0, 0.1) is 0 Å². The molecule has 0 amide bonds. The molecule has 14 heavy (non-hydrogen) atoms. The highest BCUT2D eigenvalue weighted by atomic mass is 16.5. The summed E-state index contributed by atoms with van der Waals surface area (Å²) in [6.45, 7) is 2.15. The number of ether oxygens (including phenoxy) is 1. The minimum absolute atomic E-state index is 0.351. The first-order valence-electron chi connectivity index (χ1n) is 4.43. The lowest BCUT2D eigenvalue weighted by atomic mass is 10.2. The molecule has 0 atom stereocenters. The Bertz CT molecular complexity index is 345. The van der Waals surface area contributed by atoms with Crippen molar-refractivity contribution in [2.24, 2.45) is 0 Å². The second-order valence-electron chi connectivity index (χ2n) is 2.71. The second kappa shape index (κ2) is 5.07. The van der Waals surface area contributed by atoms with E-state index in [-0.39, 0.29) is 5.97 Å². The summed E-state index contributed by atoms with van der Waals surface area (Å²) < 4.78 is 4.74. The zero-order chi connectivity index (χ0) is 10.4. The van der Waals surface area contributed by atoms with Crippen molar-refractivity contribution in [1.82, 2.24) is 0 Å². The van der Waals surface area contributed by atoms with E-state index in [4.69, 9.17) is 10.5 Å². The number of esters is 1. The molecule has 0 saturated carbocycles.